The predicted molar refractivity (Wildman–Crippen MR) is 115 cm³/mol. The molecule has 0 bridgehead atoms. The number of hydrogen-bond acceptors (Lipinski definition) is 9. The van der Waals surface area contributed by atoms with Crippen molar-refractivity contribution < 1.29 is 38.3 Å². The molecule has 0 radical (unpaired) electrons. The van der Waals surface area contributed by atoms with Crippen molar-refractivity contribution in [1.82, 2.24) is 10.4 Å². The van der Waals surface area contributed by atoms with E-state index in [9.17, 15) is 24.0 Å². The van der Waals surface area contributed by atoms with Crippen LogP contribution < -0.4 is 5.32 Å². The number of rotatable bonds is 12. The molecule has 3 amide bonds. The van der Waals surface area contributed by atoms with Crippen molar-refractivity contribution >= 4 is 29.8 Å². The molecule has 13 nitrogen and oxygen atoms in total. The molecule has 2 aliphatic rings. The summed E-state index contributed by atoms with van der Waals surface area (Å²) in [6.45, 7) is 2.34. The van der Waals surface area contributed by atoms with E-state index in [0.29, 0.717) is 37.4 Å². The van der Waals surface area contributed by atoms with E-state index in [1.54, 1.807) is 0 Å². The zero-order chi connectivity index (χ0) is 24.9. The number of hydrogen-bond donors (Lipinski definition) is 1. The largest absolute Gasteiger partial charge is 0.537 e. The minimum atomic E-state index is -1.31. The van der Waals surface area contributed by atoms with Gasteiger partial charge < -0.3 is 14.8 Å². The van der Waals surface area contributed by atoms with E-state index in [-0.39, 0.29) is 30.6 Å². The number of unbranched alkanes of at least 4 members (excludes halogenated alkanes) is 2. The fraction of sp³-hybridized carbons (Fsp3) is 0.762. The van der Waals surface area contributed by atoms with E-state index in [4.69, 9.17) is 15.0 Å². The second-order valence-electron chi connectivity index (χ2n) is 8.33. The molecule has 1 saturated heterocycles. The van der Waals surface area contributed by atoms with Gasteiger partial charge in [-0.3, -0.25) is 24.0 Å². The van der Waals surface area contributed by atoms with Gasteiger partial charge in [0.25, 0.3) is 11.8 Å². The first-order valence-corrected chi connectivity index (χ1v) is 11.5. The number of amides is 3. The summed E-state index contributed by atoms with van der Waals surface area (Å²) in [5, 5.41) is 6.73. The lowest BCUT2D eigenvalue weighted by Gasteiger charge is -2.28. The minimum absolute atomic E-state index is 0.0134. The molecule has 13 heteroatoms. The first-order chi connectivity index (χ1) is 16.3. The zero-order valence-corrected chi connectivity index (χ0v) is 19.3. The molecule has 1 unspecified atom stereocenters. The molecule has 188 valence electrons. The highest BCUT2D eigenvalue weighted by Crippen LogP contribution is 2.29. The van der Waals surface area contributed by atoms with Crippen LogP contribution in [0.3, 0.4) is 0 Å². The maximum Gasteiger partial charge on any atom is 0.537 e. The highest BCUT2D eigenvalue weighted by molar-refractivity contribution is 6.01. The fourth-order valence-corrected chi connectivity index (χ4v) is 3.81. The van der Waals surface area contributed by atoms with Crippen molar-refractivity contribution in [2.75, 3.05) is 13.1 Å². The fourth-order valence-electron chi connectivity index (χ4n) is 3.81. The van der Waals surface area contributed by atoms with E-state index < -0.39 is 30.2 Å². The molecule has 0 aromatic carbocycles. The van der Waals surface area contributed by atoms with Crippen LogP contribution in [-0.4, -0.2) is 54.3 Å². The maximum absolute atomic E-state index is 12.4. The van der Waals surface area contributed by atoms with Gasteiger partial charge >= 0.3 is 12.1 Å². The van der Waals surface area contributed by atoms with Crippen LogP contribution in [0.5, 0.6) is 0 Å². The van der Waals surface area contributed by atoms with E-state index in [1.807, 2.05) is 0 Å². The van der Waals surface area contributed by atoms with Crippen molar-refractivity contribution in [3.8, 4) is 0 Å². The number of nitrogens with zero attached hydrogens (tertiary/aromatic N) is 4. The summed E-state index contributed by atoms with van der Waals surface area (Å²) in [6, 6.07) is 0. The SMILES string of the molecule is CC(OC(=O)ON1C(=O)CCC1=O)OC(=O)C1CCC(CNC(=O)CCCCCN=[N+]=[N-])CC1. The highest BCUT2D eigenvalue weighted by atomic mass is 16.9. The van der Waals surface area contributed by atoms with Crippen LogP contribution in [0, 0.1) is 11.8 Å². The molecule has 0 spiro atoms. The van der Waals surface area contributed by atoms with Gasteiger partial charge in [0, 0.05) is 44.2 Å². The van der Waals surface area contributed by atoms with Crippen molar-refractivity contribution in [3.63, 3.8) is 0 Å². The van der Waals surface area contributed by atoms with E-state index in [0.717, 1.165) is 32.1 Å². The number of imide groups is 1. The first kappa shape index (κ1) is 26.9. The summed E-state index contributed by atoms with van der Waals surface area (Å²) >= 11 is 0. The molecule has 1 N–H and O–H groups in total. The van der Waals surface area contributed by atoms with Gasteiger partial charge in [0.2, 0.25) is 12.2 Å². The lowest BCUT2D eigenvalue weighted by Crippen LogP contribution is -2.35. The molecule has 34 heavy (non-hydrogen) atoms. The van der Waals surface area contributed by atoms with Crippen molar-refractivity contribution in [3.05, 3.63) is 10.4 Å². The molecule has 0 aromatic rings. The summed E-state index contributed by atoms with van der Waals surface area (Å²) in [7, 11) is 0. The summed E-state index contributed by atoms with van der Waals surface area (Å²) in [5.74, 6) is -1.86. The Bertz CT molecular complexity index is 789. The second kappa shape index (κ2) is 14.0. The minimum Gasteiger partial charge on any atom is -0.425 e. The standard InChI is InChI=1S/C21H31N5O8/c1-14(33-21(31)34-26-18(28)10-11-19(26)29)32-20(30)16-8-6-15(7-9-16)13-23-17(27)5-3-2-4-12-24-25-22/h14-16H,2-13H2,1H3,(H,23,27). The van der Waals surface area contributed by atoms with Crippen LogP contribution >= 0.6 is 0 Å². The van der Waals surface area contributed by atoms with Crippen LogP contribution in [0.15, 0.2) is 5.11 Å². The van der Waals surface area contributed by atoms with Crippen LogP contribution in [0.2, 0.25) is 0 Å². The number of nitrogens with one attached hydrogen (secondary N) is 1. The zero-order valence-electron chi connectivity index (χ0n) is 19.3. The van der Waals surface area contributed by atoms with E-state index in [1.165, 1.54) is 6.92 Å². The lowest BCUT2D eigenvalue weighted by atomic mass is 9.82. The number of azide groups is 1. The summed E-state index contributed by atoms with van der Waals surface area (Å²) in [4.78, 5) is 66.2. The molecular formula is C21H31N5O8. The predicted octanol–water partition coefficient (Wildman–Crippen LogP) is 2.89. The van der Waals surface area contributed by atoms with Gasteiger partial charge in [-0.05, 0) is 50.0 Å². The van der Waals surface area contributed by atoms with Crippen molar-refractivity contribution in [2.45, 2.75) is 77.4 Å². The van der Waals surface area contributed by atoms with Crippen molar-refractivity contribution in [2.24, 2.45) is 17.0 Å². The molecular weight excluding hydrogens is 450 g/mol. The molecule has 2 fully saturated rings. The van der Waals surface area contributed by atoms with Crippen LogP contribution in [0.4, 0.5) is 4.79 Å². The second-order valence-corrected chi connectivity index (χ2v) is 8.33. The quantitative estimate of drug-likeness (QED) is 0.0841. The number of hydroxylamine groups is 2. The first-order valence-electron chi connectivity index (χ1n) is 11.5. The summed E-state index contributed by atoms with van der Waals surface area (Å²) in [5.41, 5.74) is 8.21. The lowest BCUT2D eigenvalue weighted by molar-refractivity contribution is -0.193. The number of carbonyl (C=O) groups is 5. The molecule has 1 heterocycles. The normalized spacial score (nSPS) is 20.8. The maximum atomic E-state index is 12.4. The van der Waals surface area contributed by atoms with Crippen LogP contribution in [0.1, 0.15) is 71.1 Å². The van der Waals surface area contributed by atoms with Gasteiger partial charge in [0.1, 0.15) is 0 Å². The summed E-state index contributed by atoms with van der Waals surface area (Å²) < 4.78 is 9.94. The monoisotopic (exact) mass is 481 g/mol. The molecule has 0 aromatic heterocycles. The van der Waals surface area contributed by atoms with Gasteiger partial charge in [0.05, 0.1) is 5.92 Å². The Morgan fingerprint density at radius 3 is 2.41 bits per heavy atom. The highest BCUT2D eigenvalue weighted by Gasteiger charge is 2.34. The Morgan fingerprint density at radius 1 is 1.09 bits per heavy atom. The van der Waals surface area contributed by atoms with E-state index in [2.05, 4.69) is 20.2 Å². The number of carbonyl (C=O) groups excluding carboxylic acids is 5. The molecule has 2 rings (SSSR count). The Morgan fingerprint density at radius 2 is 1.76 bits per heavy atom. The Labute approximate surface area is 197 Å². The molecule has 1 saturated carbocycles. The Hall–Kier alpha value is -3.34. The third kappa shape index (κ3) is 9.26. The van der Waals surface area contributed by atoms with Gasteiger partial charge in [0.15, 0.2) is 0 Å². The average molecular weight is 482 g/mol. The topological polar surface area (TPSA) is 177 Å². The third-order valence-corrected chi connectivity index (χ3v) is 5.71. The van der Waals surface area contributed by atoms with Gasteiger partial charge in [-0.2, -0.15) is 0 Å². The molecule has 1 aliphatic heterocycles. The third-order valence-electron chi connectivity index (χ3n) is 5.71. The molecule has 1 aliphatic carbocycles. The Balaban J connectivity index is 1.58. The van der Waals surface area contributed by atoms with Crippen LogP contribution in [-0.2, 0) is 33.5 Å². The smallest absolute Gasteiger partial charge is 0.425 e. The number of esters is 1. The van der Waals surface area contributed by atoms with E-state index >= 15 is 0 Å². The average Bonchev–Trinajstić information content (AvgIpc) is 3.12. The van der Waals surface area contributed by atoms with Gasteiger partial charge in [-0.15, -0.1) is 0 Å². The van der Waals surface area contributed by atoms with Crippen LogP contribution in [0.25, 0.3) is 10.4 Å². The Kier molecular flexibility index (Phi) is 11.1. The van der Waals surface area contributed by atoms with Crippen molar-refractivity contribution in [1.29, 1.82) is 0 Å². The molecule has 1 atom stereocenters. The van der Waals surface area contributed by atoms with Gasteiger partial charge in [-0.25, -0.2) is 4.79 Å². The number of ether oxygens (including phenoxy) is 2. The van der Waals surface area contributed by atoms with Gasteiger partial charge in [-0.1, -0.05) is 16.6 Å². The summed E-state index contributed by atoms with van der Waals surface area (Å²) in [6.07, 6.45) is 2.82.